The lowest BCUT2D eigenvalue weighted by Crippen LogP contribution is -2.22. The van der Waals surface area contributed by atoms with Crippen molar-refractivity contribution >= 4 is 11.6 Å². The van der Waals surface area contributed by atoms with Gasteiger partial charge in [0.1, 0.15) is 0 Å². The molecule has 0 aliphatic heterocycles. The molecule has 0 radical (unpaired) electrons. The van der Waals surface area contributed by atoms with E-state index in [2.05, 4.69) is 0 Å². The Morgan fingerprint density at radius 3 is 1.27 bits per heavy atom. The van der Waals surface area contributed by atoms with E-state index >= 15 is 0 Å². The summed E-state index contributed by atoms with van der Waals surface area (Å²) in [5, 5.41) is 36.7. The Hall–Kier alpha value is -2.38. The molecule has 0 fully saturated rings. The summed E-state index contributed by atoms with van der Waals surface area (Å²) < 4.78 is 0. The normalized spacial score (nSPS) is 13.5. The van der Waals surface area contributed by atoms with Crippen molar-refractivity contribution in [3.8, 4) is 0 Å². The van der Waals surface area contributed by atoms with Gasteiger partial charge in [-0.05, 0) is 24.3 Å². The van der Waals surface area contributed by atoms with Gasteiger partial charge in [0.05, 0.1) is 0 Å². The fourth-order valence-corrected chi connectivity index (χ4v) is 2.51. The molecule has 0 saturated heterocycles. The third-order valence-corrected chi connectivity index (χ3v) is 3.66. The zero-order valence-corrected chi connectivity index (χ0v) is 11.2. The number of hydrogen-bond donors (Lipinski definition) is 4. The number of rotatable bonds is 2. The number of carbonyl (C=O) groups is 2. The van der Waals surface area contributed by atoms with Crippen molar-refractivity contribution in [2.24, 2.45) is 0 Å². The standard InChI is InChI=1S/C16H12O6/c17-13-9-3-1-7(15(19)20)5-11(9)14(18)10-4-2-8(16(21)22)6-12(10)13/h1-6,15-16,19-22H. The van der Waals surface area contributed by atoms with Crippen LogP contribution in [0.2, 0.25) is 0 Å². The van der Waals surface area contributed by atoms with E-state index < -0.39 is 24.1 Å². The Morgan fingerprint density at radius 2 is 0.955 bits per heavy atom. The number of carbonyl (C=O) groups excluding carboxylic acids is 2. The van der Waals surface area contributed by atoms with E-state index in [1.54, 1.807) is 0 Å². The summed E-state index contributed by atoms with van der Waals surface area (Å²) in [4.78, 5) is 24.9. The Kier molecular flexibility index (Phi) is 3.38. The van der Waals surface area contributed by atoms with Crippen molar-refractivity contribution in [1.82, 2.24) is 0 Å². The lowest BCUT2D eigenvalue weighted by Gasteiger charge is -2.19. The van der Waals surface area contributed by atoms with Crippen LogP contribution in [0.25, 0.3) is 0 Å². The first-order chi connectivity index (χ1) is 10.4. The molecular weight excluding hydrogens is 288 g/mol. The number of hydrogen-bond acceptors (Lipinski definition) is 6. The monoisotopic (exact) mass is 300 g/mol. The Bertz CT molecular complexity index is 724. The minimum Gasteiger partial charge on any atom is -0.364 e. The van der Waals surface area contributed by atoms with Crippen LogP contribution in [0.1, 0.15) is 55.5 Å². The van der Waals surface area contributed by atoms with Gasteiger partial charge >= 0.3 is 0 Å². The summed E-state index contributed by atoms with van der Waals surface area (Å²) in [7, 11) is 0. The Morgan fingerprint density at radius 1 is 0.591 bits per heavy atom. The SMILES string of the molecule is O=C1c2ccc(C(O)O)cc2C(=O)c2ccc(C(O)O)cc21. The molecule has 112 valence electrons. The molecule has 0 amide bonds. The van der Waals surface area contributed by atoms with Gasteiger partial charge in [-0.1, -0.05) is 12.1 Å². The van der Waals surface area contributed by atoms with Crippen LogP contribution in [0, 0.1) is 0 Å². The average molecular weight is 300 g/mol. The second-order valence-corrected chi connectivity index (χ2v) is 5.02. The topological polar surface area (TPSA) is 115 Å². The van der Waals surface area contributed by atoms with E-state index in [9.17, 15) is 30.0 Å². The molecule has 4 N–H and O–H groups in total. The molecule has 0 spiro atoms. The molecule has 0 unspecified atom stereocenters. The van der Waals surface area contributed by atoms with Gasteiger partial charge in [0, 0.05) is 33.4 Å². The number of fused-ring (bicyclic) bond motifs is 2. The summed E-state index contributed by atoms with van der Waals surface area (Å²) in [6.07, 6.45) is -3.47. The first kappa shape index (κ1) is 14.6. The van der Waals surface area contributed by atoms with Crippen molar-refractivity contribution < 1.29 is 30.0 Å². The van der Waals surface area contributed by atoms with E-state index in [1.807, 2.05) is 0 Å². The molecule has 0 heterocycles. The van der Waals surface area contributed by atoms with E-state index in [1.165, 1.54) is 36.4 Å². The van der Waals surface area contributed by atoms with E-state index in [0.29, 0.717) is 0 Å². The molecule has 2 aromatic rings. The number of benzene rings is 2. The lowest BCUT2D eigenvalue weighted by atomic mass is 9.82. The molecule has 0 bridgehead atoms. The summed E-state index contributed by atoms with van der Waals surface area (Å²) in [5.74, 6) is -0.850. The van der Waals surface area contributed by atoms with Crippen LogP contribution in [0.5, 0.6) is 0 Å². The van der Waals surface area contributed by atoms with Crippen LogP contribution in [0.15, 0.2) is 36.4 Å². The second-order valence-electron chi connectivity index (χ2n) is 5.02. The van der Waals surface area contributed by atoms with Crippen LogP contribution >= 0.6 is 0 Å². The van der Waals surface area contributed by atoms with E-state index in [-0.39, 0.29) is 33.4 Å². The molecule has 1 aliphatic rings. The summed E-state index contributed by atoms with van der Waals surface area (Å²) >= 11 is 0. The molecule has 0 aromatic heterocycles. The minimum absolute atomic E-state index is 0.0976. The van der Waals surface area contributed by atoms with Crippen molar-refractivity contribution in [2.45, 2.75) is 12.6 Å². The first-order valence-electron chi connectivity index (χ1n) is 6.49. The number of ketones is 2. The van der Waals surface area contributed by atoms with Gasteiger partial charge in [0.2, 0.25) is 0 Å². The van der Waals surface area contributed by atoms with Gasteiger partial charge < -0.3 is 20.4 Å². The Labute approximate surface area is 124 Å². The zero-order chi connectivity index (χ0) is 16.0. The molecule has 1 aliphatic carbocycles. The first-order valence-corrected chi connectivity index (χ1v) is 6.49. The highest BCUT2D eigenvalue weighted by Gasteiger charge is 2.30. The van der Waals surface area contributed by atoms with Gasteiger partial charge in [-0.2, -0.15) is 0 Å². The minimum atomic E-state index is -1.73. The molecule has 2 aromatic carbocycles. The number of aliphatic hydroxyl groups excluding tert-OH is 2. The van der Waals surface area contributed by atoms with Crippen molar-refractivity contribution in [1.29, 1.82) is 0 Å². The van der Waals surface area contributed by atoms with Crippen LogP contribution < -0.4 is 0 Å². The molecule has 6 heteroatoms. The van der Waals surface area contributed by atoms with Gasteiger partial charge in [-0.3, -0.25) is 9.59 Å². The Balaban J connectivity index is 2.18. The van der Waals surface area contributed by atoms with Crippen molar-refractivity contribution in [2.75, 3.05) is 0 Å². The molecule has 0 atom stereocenters. The highest BCUT2D eigenvalue weighted by atomic mass is 16.5. The predicted molar refractivity (Wildman–Crippen MR) is 74.1 cm³/mol. The maximum absolute atomic E-state index is 12.5. The summed E-state index contributed by atoms with van der Waals surface area (Å²) in [5.41, 5.74) is 0.718. The fourth-order valence-electron chi connectivity index (χ4n) is 2.51. The van der Waals surface area contributed by atoms with E-state index in [4.69, 9.17) is 0 Å². The van der Waals surface area contributed by atoms with Gasteiger partial charge in [-0.15, -0.1) is 0 Å². The van der Waals surface area contributed by atoms with Crippen LogP contribution in [0.3, 0.4) is 0 Å². The highest BCUT2D eigenvalue weighted by molar-refractivity contribution is 6.28. The van der Waals surface area contributed by atoms with Gasteiger partial charge in [0.25, 0.3) is 0 Å². The molecular formula is C16H12O6. The smallest absolute Gasteiger partial charge is 0.194 e. The maximum atomic E-state index is 12.5. The van der Waals surface area contributed by atoms with Crippen LogP contribution in [-0.2, 0) is 0 Å². The predicted octanol–water partition coefficient (Wildman–Crippen LogP) is 0.428. The zero-order valence-electron chi connectivity index (χ0n) is 11.2. The molecule has 6 nitrogen and oxygen atoms in total. The lowest BCUT2D eigenvalue weighted by molar-refractivity contribution is -0.0431. The van der Waals surface area contributed by atoms with Crippen molar-refractivity contribution in [3.05, 3.63) is 69.8 Å². The largest absolute Gasteiger partial charge is 0.364 e. The second kappa shape index (κ2) is 5.11. The third-order valence-electron chi connectivity index (χ3n) is 3.66. The van der Waals surface area contributed by atoms with Crippen LogP contribution in [0.4, 0.5) is 0 Å². The average Bonchev–Trinajstić information content (AvgIpc) is 2.51. The summed E-state index contributed by atoms with van der Waals surface area (Å²) in [6, 6.07) is 7.97. The number of aliphatic hydroxyl groups is 4. The van der Waals surface area contributed by atoms with E-state index in [0.717, 1.165) is 0 Å². The van der Waals surface area contributed by atoms with Gasteiger partial charge in [0.15, 0.2) is 24.1 Å². The highest BCUT2D eigenvalue weighted by Crippen LogP contribution is 2.30. The summed E-state index contributed by atoms with van der Waals surface area (Å²) in [6.45, 7) is 0. The molecule has 3 rings (SSSR count). The maximum Gasteiger partial charge on any atom is 0.194 e. The third kappa shape index (κ3) is 2.15. The molecule has 0 saturated carbocycles. The fraction of sp³-hybridized carbons (Fsp3) is 0.125. The van der Waals surface area contributed by atoms with Crippen molar-refractivity contribution in [3.63, 3.8) is 0 Å². The molecule has 22 heavy (non-hydrogen) atoms. The van der Waals surface area contributed by atoms with Crippen LogP contribution in [-0.4, -0.2) is 32.0 Å². The quantitative estimate of drug-likeness (QED) is 0.510. The van der Waals surface area contributed by atoms with Gasteiger partial charge in [-0.25, -0.2) is 0 Å².